The van der Waals surface area contributed by atoms with Gasteiger partial charge in [-0.3, -0.25) is 10.1 Å². The molecule has 0 fully saturated rings. The first-order valence-electron chi connectivity index (χ1n) is 9.68. The Balaban J connectivity index is 1.42. The number of amides is 1. The molecule has 0 aliphatic heterocycles. The second-order valence-corrected chi connectivity index (χ2v) is 7.99. The topological polar surface area (TPSA) is 75.0 Å². The quantitative estimate of drug-likeness (QED) is 0.316. The summed E-state index contributed by atoms with van der Waals surface area (Å²) >= 11 is 1.37. The predicted octanol–water partition coefficient (Wildman–Crippen LogP) is 5.73. The summed E-state index contributed by atoms with van der Waals surface area (Å²) < 4.78 is 6.79. The zero-order valence-corrected chi connectivity index (χ0v) is 17.6. The minimum atomic E-state index is -0.485. The summed E-state index contributed by atoms with van der Waals surface area (Å²) in [6.07, 6.45) is 1.55. The molecule has 1 heterocycles. The van der Waals surface area contributed by atoms with Crippen LogP contribution in [0, 0.1) is 18.3 Å². The number of thiazole rings is 1. The van der Waals surface area contributed by atoms with E-state index in [4.69, 9.17) is 4.74 Å². The minimum Gasteiger partial charge on any atom is -0.489 e. The van der Waals surface area contributed by atoms with Gasteiger partial charge in [0.15, 0.2) is 5.13 Å². The molecule has 0 spiro atoms. The van der Waals surface area contributed by atoms with Crippen molar-refractivity contribution < 1.29 is 9.53 Å². The molecule has 6 heteroatoms. The Kier molecular flexibility index (Phi) is 6.06. The lowest BCUT2D eigenvalue weighted by Crippen LogP contribution is -2.13. The van der Waals surface area contributed by atoms with Gasteiger partial charge in [0.05, 0.1) is 10.2 Å². The average Bonchev–Trinajstić information content (AvgIpc) is 3.19. The van der Waals surface area contributed by atoms with E-state index in [-0.39, 0.29) is 5.57 Å². The maximum absolute atomic E-state index is 12.5. The van der Waals surface area contributed by atoms with Gasteiger partial charge in [0, 0.05) is 0 Å². The monoisotopic (exact) mass is 425 g/mol. The van der Waals surface area contributed by atoms with E-state index in [0.717, 1.165) is 27.1 Å². The predicted molar refractivity (Wildman–Crippen MR) is 124 cm³/mol. The van der Waals surface area contributed by atoms with Crippen molar-refractivity contribution in [2.24, 2.45) is 0 Å². The van der Waals surface area contributed by atoms with Crippen LogP contribution in [0.25, 0.3) is 16.3 Å². The molecule has 4 rings (SSSR count). The van der Waals surface area contributed by atoms with Gasteiger partial charge in [-0.2, -0.15) is 5.26 Å². The lowest BCUT2D eigenvalue weighted by molar-refractivity contribution is -0.112. The van der Waals surface area contributed by atoms with Crippen LogP contribution in [0.1, 0.15) is 16.7 Å². The van der Waals surface area contributed by atoms with Crippen LogP contribution >= 0.6 is 11.3 Å². The normalized spacial score (nSPS) is 11.2. The van der Waals surface area contributed by atoms with E-state index >= 15 is 0 Å². The molecule has 1 aromatic heterocycles. The highest BCUT2D eigenvalue weighted by molar-refractivity contribution is 7.22. The smallest absolute Gasteiger partial charge is 0.268 e. The lowest BCUT2D eigenvalue weighted by atomic mass is 10.1. The van der Waals surface area contributed by atoms with Crippen LogP contribution in [0.15, 0.2) is 78.4 Å². The van der Waals surface area contributed by atoms with Crippen molar-refractivity contribution in [2.45, 2.75) is 13.5 Å². The maximum Gasteiger partial charge on any atom is 0.268 e. The molecule has 0 saturated heterocycles. The number of aromatic nitrogens is 1. The Hall–Kier alpha value is -3.95. The molecule has 1 N–H and O–H groups in total. The van der Waals surface area contributed by atoms with Crippen molar-refractivity contribution in [1.29, 1.82) is 5.26 Å². The molecule has 31 heavy (non-hydrogen) atoms. The van der Waals surface area contributed by atoms with Crippen LogP contribution < -0.4 is 10.1 Å². The molecule has 0 unspecified atom stereocenters. The van der Waals surface area contributed by atoms with Gasteiger partial charge in [0.1, 0.15) is 24.0 Å². The van der Waals surface area contributed by atoms with E-state index in [1.54, 1.807) is 6.08 Å². The number of para-hydroxylation sites is 1. The van der Waals surface area contributed by atoms with Crippen molar-refractivity contribution in [3.05, 3.63) is 95.1 Å². The van der Waals surface area contributed by atoms with Crippen molar-refractivity contribution in [3.8, 4) is 11.8 Å². The molecule has 0 aliphatic rings. The van der Waals surface area contributed by atoms with Crippen LogP contribution in [0.5, 0.6) is 5.75 Å². The number of benzene rings is 3. The van der Waals surface area contributed by atoms with Gasteiger partial charge in [-0.05, 0) is 48.4 Å². The zero-order valence-electron chi connectivity index (χ0n) is 16.8. The molecular weight excluding hydrogens is 406 g/mol. The SMILES string of the molecule is Cc1cccc(COc2ccc(/C=C(\C#N)C(=O)Nc3nc4ccccc4s3)cc2)c1. The number of hydrogen-bond donors (Lipinski definition) is 1. The number of carbonyl (C=O) groups excluding carboxylic acids is 1. The van der Waals surface area contributed by atoms with Gasteiger partial charge in [-0.25, -0.2) is 4.98 Å². The van der Waals surface area contributed by atoms with Gasteiger partial charge < -0.3 is 4.74 Å². The third kappa shape index (κ3) is 5.16. The summed E-state index contributed by atoms with van der Waals surface area (Å²) in [5, 5.41) is 12.6. The lowest BCUT2D eigenvalue weighted by Gasteiger charge is -2.07. The van der Waals surface area contributed by atoms with E-state index < -0.39 is 5.91 Å². The van der Waals surface area contributed by atoms with Gasteiger partial charge in [-0.1, -0.05) is 65.4 Å². The molecule has 0 radical (unpaired) electrons. The molecule has 0 saturated carbocycles. The molecule has 4 aromatic rings. The highest BCUT2D eigenvalue weighted by Gasteiger charge is 2.12. The number of anilines is 1. The summed E-state index contributed by atoms with van der Waals surface area (Å²) in [4.78, 5) is 16.9. The highest BCUT2D eigenvalue weighted by atomic mass is 32.1. The Bertz CT molecular complexity index is 1270. The third-order valence-electron chi connectivity index (χ3n) is 4.56. The van der Waals surface area contributed by atoms with Crippen molar-refractivity contribution in [3.63, 3.8) is 0 Å². The Morgan fingerprint density at radius 3 is 2.68 bits per heavy atom. The number of hydrogen-bond acceptors (Lipinski definition) is 5. The molecule has 0 atom stereocenters. The Labute approximate surface area is 184 Å². The van der Waals surface area contributed by atoms with E-state index in [2.05, 4.69) is 16.4 Å². The number of nitrogens with one attached hydrogen (secondary N) is 1. The molecule has 152 valence electrons. The molecule has 1 amide bonds. The first kappa shape index (κ1) is 20.3. The Morgan fingerprint density at radius 1 is 1.13 bits per heavy atom. The molecule has 0 aliphatic carbocycles. The number of nitriles is 1. The number of rotatable bonds is 6. The van der Waals surface area contributed by atoms with Crippen LogP contribution in [0.4, 0.5) is 5.13 Å². The maximum atomic E-state index is 12.5. The van der Waals surface area contributed by atoms with E-state index in [9.17, 15) is 10.1 Å². The number of carbonyl (C=O) groups is 1. The van der Waals surface area contributed by atoms with E-state index in [0.29, 0.717) is 11.7 Å². The first-order chi connectivity index (χ1) is 15.1. The number of fused-ring (bicyclic) bond motifs is 1. The zero-order chi connectivity index (χ0) is 21.6. The first-order valence-corrected chi connectivity index (χ1v) is 10.5. The average molecular weight is 426 g/mol. The number of aryl methyl sites for hydroxylation is 1. The fourth-order valence-electron chi connectivity index (χ4n) is 3.03. The van der Waals surface area contributed by atoms with E-state index in [1.807, 2.05) is 79.7 Å². The molecule has 3 aromatic carbocycles. The number of nitrogens with zero attached hydrogens (tertiary/aromatic N) is 2. The van der Waals surface area contributed by atoms with Crippen molar-refractivity contribution >= 4 is 38.7 Å². The minimum absolute atomic E-state index is 0.00712. The van der Waals surface area contributed by atoms with Crippen molar-refractivity contribution in [1.82, 2.24) is 4.98 Å². The fourth-order valence-corrected chi connectivity index (χ4v) is 3.90. The van der Waals surface area contributed by atoms with Gasteiger partial charge in [0.2, 0.25) is 0 Å². The fraction of sp³-hybridized carbons (Fsp3) is 0.0800. The van der Waals surface area contributed by atoms with Crippen LogP contribution in [-0.2, 0) is 11.4 Å². The molecule has 0 bridgehead atoms. The summed E-state index contributed by atoms with van der Waals surface area (Å²) in [6, 6.07) is 25.0. The molecule has 5 nitrogen and oxygen atoms in total. The van der Waals surface area contributed by atoms with Crippen LogP contribution in [0.3, 0.4) is 0 Å². The van der Waals surface area contributed by atoms with Gasteiger partial charge >= 0.3 is 0 Å². The standard InChI is InChI=1S/C25H19N3O2S/c1-17-5-4-6-19(13-17)16-30-21-11-9-18(10-12-21)14-20(15-26)24(29)28-25-27-22-7-2-3-8-23(22)31-25/h2-14H,16H2,1H3,(H,27,28,29)/b20-14+. The van der Waals surface area contributed by atoms with Crippen LogP contribution in [0.2, 0.25) is 0 Å². The van der Waals surface area contributed by atoms with Crippen molar-refractivity contribution in [2.75, 3.05) is 5.32 Å². The second kappa shape index (κ2) is 9.24. The summed E-state index contributed by atoms with van der Waals surface area (Å²) in [7, 11) is 0. The van der Waals surface area contributed by atoms with Gasteiger partial charge in [-0.15, -0.1) is 0 Å². The summed E-state index contributed by atoms with van der Waals surface area (Å²) in [6.45, 7) is 2.52. The van der Waals surface area contributed by atoms with Crippen LogP contribution in [-0.4, -0.2) is 10.9 Å². The summed E-state index contributed by atoms with van der Waals surface area (Å²) in [5.41, 5.74) is 3.84. The van der Waals surface area contributed by atoms with Gasteiger partial charge in [0.25, 0.3) is 5.91 Å². The number of ether oxygens (including phenoxy) is 1. The Morgan fingerprint density at radius 2 is 1.94 bits per heavy atom. The third-order valence-corrected chi connectivity index (χ3v) is 5.51. The highest BCUT2D eigenvalue weighted by Crippen LogP contribution is 2.26. The largest absolute Gasteiger partial charge is 0.489 e. The summed E-state index contributed by atoms with van der Waals surface area (Å²) in [5.74, 6) is 0.234. The van der Waals surface area contributed by atoms with E-state index in [1.165, 1.54) is 16.9 Å². The molecular formula is C25H19N3O2S. The second-order valence-electron chi connectivity index (χ2n) is 6.96.